The molecule has 0 unspecified atom stereocenters. The number of rotatable bonds is 10. The zero-order chi connectivity index (χ0) is 25.8. The molecule has 35 heavy (non-hydrogen) atoms. The quantitative estimate of drug-likeness (QED) is 0.457. The number of carbonyl (C=O) groups is 2. The number of methoxy groups -OCH3 is 1. The minimum absolute atomic E-state index is 0.0224. The van der Waals surface area contributed by atoms with Gasteiger partial charge in [0.15, 0.2) is 0 Å². The second-order valence-electron chi connectivity index (χ2n) is 9.20. The molecule has 10 nitrogen and oxygen atoms in total. The summed E-state index contributed by atoms with van der Waals surface area (Å²) < 4.78 is 17.3. The fourth-order valence-corrected chi connectivity index (χ4v) is 3.92. The molecular formula is C25H32N2O8. The van der Waals surface area contributed by atoms with E-state index in [2.05, 4.69) is 4.98 Å². The van der Waals surface area contributed by atoms with Crippen LogP contribution in [-0.4, -0.2) is 76.3 Å². The average Bonchev–Trinajstić information content (AvgIpc) is 3.23. The number of aromatic nitrogens is 1. The van der Waals surface area contributed by atoms with Crippen molar-refractivity contribution >= 4 is 29.0 Å². The maximum Gasteiger partial charge on any atom is 0.408 e. The zero-order valence-corrected chi connectivity index (χ0v) is 20.4. The third-order valence-corrected chi connectivity index (χ3v) is 5.87. The lowest BCUT2D eigenvalue weighted by Crippen LogP contribution is -2.39. The Bertz CT molecular complexity index is 1090. The number of amides is 1. The molecule has 0 bridgehead atoms. The highest BCUT2D eigenvalue weighted by Gasteiger charge is 2.41. The smallest absolute Gasteiger partial charge is 0.408 e. The Morgan fingerprint density at radius 2 is 1.97 bits per heavy atom. The lowest BCUT2D eigenvalue weighted by molar-refractivity contribution is -0.141. The van der Waals surface area contributed by atoms with Crippen molar-refractivity contribution in [2.75, 3.05) is 26.9 Å². The van der Waals surface area contributed by atoms with Gasteiger partial charge in [-0.3, -0.25) is 4.90 Å². The minimum Gasteiger partial charge on any atom is -0.496 e. The van der Waals surface area contributed by atoms with E-state index in [0.29, 0.717) is 41.3 Å². The van der Waals surface area contributed by atoms with Crippen molar-refractivity contribution in [1.82, 2.24) is 9.88 Å². The largest absolute Gasteiger partial charge is 0.496 e. The van der Waals surface area contributed by atoms with Crippen LogP contribution in [0.4, 0.5) is 4.79 Å². The molecule has 3 N–H and O–H groups in total. The van der Waals surface area contributed by atoms with Crippen LogP contribution in [0.15, 0.2) is 24.3 Å². The predicted molar refractivity (Wildman–Crippen MR) is 129 cm³/mol. The van der Waals surface area contributed by atoms with E-state index in [0.717, 1.165) is 10.5 Å². The summed E-state index contributed by atoms with van der Waals surface area (Å²) in [5.74, 6) is 0.114. The first-order valence-corrected chi connectivity index (χ1v) is 11.4. The summed E-state index contributed by atoms with van der Waals surface area (Å²) in [6.45, 7) is 6.13. The number of carboxylic acid groups (broad SMARTS) is 2. The second kappa shape index (κ2) is 10.8. The van der Waals surface area contributed by atoms with E-state index >= 15 is 0 Å². The summed E-state index contributed by atoms with van der Waals surface area (Å²) in [4.78, 5) is 28.5. The number of fused-ring (bicyclic) bond motifs is 1. The van der Waals surface area contributed by atoms with Crippen molar-refractivity contribution in [3.8, 4) is 17.4 Å². The molecule has 2 atom stereocenters. The molecule has 0 radical (unpaired) electrons. The summed E-state index contributed by atoms with van der Waals surface area (Å²) >= 11 is 0. The molecule has 2 heterocycles. The molecular weight excluding hydrogens is 456 g/mol. The van der Waals surface area contributed by atoms with Gasteiger partial charge in [-0.15, -0.1) is 0 Å². The number of pyridine rings is 1. The number of aliphatic carboxylic acids is 1. The van der Waals surface area contributed by atoms with Gasteiger partial charge >= 0.3 is 12.1 Å². The van der Waals surface area contributed by atoms with Crippen LogP contribution in [0.2, 0.25) is 0 Å². The summed E-state index contributed by atoms with van der Waals surface area (Å²) in [6, 6.07) is 4.07. The first-order chi connectivity index (χ1) is 16.6. The molecule has 190 valence electrons. The van der Waals surface area contributed by atoms with E-state index in [4.69, 9.17) is 14.2 Å². The van der Waals surface area contributed by atoms with E-state index in [1.54, 1.807) is 19.2 Å². The Kier molecular flexibility index (Phi) is 8.06. The van der Waals surface area contributed by atoms with Crippen molar-refractivity contribution in [2.24, 2.45) is 5.41 Å². The molecule has 1 aliphatic heterocycles. The highest BCUT2D eigenvalue weighted by atomic mass is 16.5. The molecule has 1 amide bonds. The van der Waals surface area contributed by atoms with Gasteiger partial charge in [0.1, 0.15) is 23.6 Å². The number of hydrogen-bond acceptors (Lipinski definition) is 7. The second-order valence-corrected chi connectivity index (χ2v) is 9.20. The van der Waals surface area contributed by atoms with Crippen molar-refractivity contribution in [1.29, 1.82) is 0 Å². The van der Waals surface area contributed by atoms with Gasteiger partial charge in [0, 0.05) is 36.1 Å². The van der Waals surface area contributed by atoms with Crippen molar-refractivity contribution in [2.45, 2.75) is 45.8 Å². The fourth-order valence-electron chi connectivity index (χ4n) is 3.92. The molecule has 1 fully saturated rings. The maximum absolute atomic E-state index is 11.5. The molecule has 1 aliphatic rings. The Labute approximate surface area is 203 Å². The molecule has 1 aromatic heterocycles. The van der Waals surface area contributed by atoms with E-state index in [-0.39, 0.29) is 25.0 Å². The third-order valence-electron chi connectivity index (χ3n) is 5.87. The van der Waals surface area contributed by atoms with Gasteiger partial charge in [-0.1, -0.05) is 26.0 Å². The van der Waals surface area contributed by atoms with Crippen molar-refractivity contribution in [3.05, 3.63) is 29.8 Å². The Balaban J connectivity index is 2.01. The number of carboxylic acids is 1. The minimum atomic E-state index is -1.30. The normalized spacial score (nSPS) is 18.3. The van der Waals surface area contributed by atoms with Crippen LogP contribution in [-0.2, 0) is 4.79 Å². The average molecular weight is 489 g/mol. The van der Waals surface area contributed by atoms with Gasteiger partial charge < -0.3 is 29.5 Å². The Hall–Kier alpha value is -3.53. The number of allylic oxidation sites excluding steroid dienone is 1. The van der Waals surface area contributed by atoms with Crippen LogP contribution in [0, 0.1) is 5.41 Å². The highest BCUT2D eigenvalue weighted by Crippen LogP contribution is 2.36. The molecule has 0 saturated carbocycles. The van der Waals surface area contributed by atoms with Gasteiger partial charge in [-0.25, -0.2) is 14.6 Å². The molecule has 1 aromatic carbocycles. The molecule has 3 rings (SSSR count). The van der Waals surface area contributed by atoms with Crippen LogP contribution < -0.4 is 14.2 Å². The van der Waals surface area contributed by atoms with Crippen LogP contribution in [0.5, 0.6) is 17.4 Å². The van der Waals surface area contributed by atoms with E-state index in [1.807, 2.05) is 39.0 Å². The maximum atomic E-state index is 11.5. The number of aliphatic hydroxyl groups excluding tert-OH is 1. The lowest BCUT2D eigenvalue weighted by Gasteiger charge is -2.19. The fraction of sp³-hybridized carbons (Fsp3) is 0.480. The zero-order valence-electron chi connectivity index (χ0n) is 20.4. The van der Waals surface area contributed by atoms with Gasteiger partial charge in [-0.2, -0.15) is 0 Å². The molecule has 10 heteroatoms. The number of benzene rings is 1. The van der Waals surface area contributed by atoms with Crippen LogP contribution in [0.1, 0.15) is 39.2 Å². The van der Waals surface area contributed by atoms with Gasteiger partial charge in [0.25, 0.3) is 0 Å². The third kappa shape index (κ3) is 6.13. The summed E-state index contributed by atoms with van der Waals surface area (Å²) in [5.41, 5.74) is 1.06. The topological polar surface area (TPSA) is 139 Å². The van der Waals surface area contributed by atoms with Crippen molar-refractivity contribution in [3.63, 3.8) is 0 Å². The molecule has 0 spiro atoms. The van der Waals surface area contributed by atoms with Gasteiger partial charge in [0.2, 0.25) is 5.88 Å². The Morgan fingerprint density at radius 3 is 2.54 bits per heavy atom. The number of likely N-dealkylation sites (tertiary alicyclic amines) is 1. The van der Waals surface area contributed by atoms with Gasteiger partial charge in [-0.05, 0) is 24.8 Å². The van der Waals surface area contributed by atoms with Crippen molar-refractivity contribution < 1.29 is 39.1 Å². The Morgan fingerprint density at radius 1 is 1.23 bits per heavy atom. The SMILES string of the molecule is CCOc1cc(O[C@@H]2C[C@@H](C(=O)O)N(C(=O)O)C2)c2cc(/C=C/CC(C)(C)CO)c(OC)cc2n1. The van der Waals surface area contributed by atoms with Gasteiger partial charge in [0.05, 0.1) is 25.8 Å². The number of hydrogen-bond donors (Lipinski definition) is 3. The molecule has 2 aromatic rings. The summed E-state index contributed by atoms with van der Waals surface area (Å²) in [6.07, 6.45) is 2.58. The lowest BCUT2D eigenvalue weighted by atomic mass is 9.90. The first kappa shape index (κ1) is 26.1. The number of ether oxygens (including phenoxy) is 3. The predicted octanol–water partition coefficient (Wildman–Crippen LogP) is 3.65. The van der Waals surface area contributed by atoms with E-state index in [1.165, 1.54) is 0 Å². The monoisotopic (exact) mass is 488 g/mol. The van der Waals surface area contributed by atoms with Crippen LogP contribution >= 0.6 is 0 Å². The summed E-state index contributed by atoms with van der Waals surface area (Å²) in [7, 11) is 1.56. The molecule has 1 saturated heterocycles. The molecule has 0 aliphatic carbocycles. The first-order valence-electron chi connectivity index (χ1n) is 11.4. The van der Waals surface area contributed by atoms with E-state index in [9.17, 15) is 24.9 Å². The summed E-state index contributed by atoms with van der Waals surface area (Å²) in [5, 5.41) is 29.0. The van der Waals surface area contributed by atoms with Crippen LogP contribution in [0.25, 0.3) is 17.0 Å². The highest BCUT2D eigenvalue weighted by molar-refractivity contribution is 5.90. The van der Waals surface area contributed by atoms with Crippen LogP contribution in [0.3, 0.4) is 0 Å². The number of aliphatic hydroxyl groups is 1. The standard InChI is InChI=1S/C25H32N2O8/c1-5-34-22-12-21(35-16-10-19(23(29)30)27(13-16)24(31)32)17-9-15(7-6-8-25(2,3)14-28)20(33-4)11-18(17)26-22/h6-7,9,11-12,16,19,28H,5,8,10,13-14H2,1-4H3,(H,29,30)(H,31,32)/b7-6+/t16-,19+/m1/s1. The number of nitrogens with zero attached hydrogens (tertiary/aromatic N) is 2. The van der Waals surface area contributed by atoms with E-state index < -0.39 is 24.2 Å².